The quantitative estimate of drug-likeness (QED) is 0.804. The summed E-state index contributed by atoms with van der Waals surface area (Å²) in [5, 5.41) is 7.90. The van der Waals surface area contributed by atoms with Crippen LogP contribution in [0.5, 0.6) is 0 Å². The average Bonchev–Trinajstić information content (AvgIpc) is 3.15. The van der Waals surface area contributed by atoms with E-state index in [0.29, 0.717) is 25.4 Å². The first-order valence-electron chi connectivity index (χ1n) is 9.11. The maximum atomic E-state index is 12.7. The molecule has 1 saturated heterocycles. The number of thiophene rings is 1. The van der Waals surface area contributed by atoms with Crippen LogP contribution < -0.4 is 10.6 Å². The highest BCUT2D eigenvalue weighted by atomic mass is 32.1. The van der Waals surface area contributed by atoms with Gasteiger partial charge >= 0.3 is 0 Å². The summed E-state index contributed by atoms with van der Waals surface area (Å²) in [7, 11) is 0. The summed E-state index contributed by atoms with van der Waals surface area (Å²) in [4.78, 5) is 38.9. The van der Waals surface area contributed by atoms with Gasteiger partial charge in [-0.15, -0.1) is 11.3 Å². The highest BCUT2D eigenvalue weighted by molar-refractivity contribution is 7.10. The van der Waals surface area contributed by atoms with Gasteiger partial charge < -0.3 is 10.2 Å². The summed E-state index contributed by atoms with van der Waals surface area (Å²) < 4.78 is 0. The van der Waals surface area contributed by atoms with Gasteiger partial charge in [-0.2, -0.15) is 0 Å². The Balaban J connectivity index is 1.43. The standard InChI is InChI=1S/C18H23N3O3S/c22-16-7-6-14(17(23)20-16)21-9-12-13(18(21)24)10-25-15(12)8-19-11-4-2-1-3-5-11/h10-11,14,19H,1-9H2,(H,20,22,23). The number of carbonyl (C=O) groups excluding carboxylic acids is 3. The molecule has 7 heteroatoms. The Morgan fingerprint density at radius 2 is 1.96 bits per heavy atom. The van der Waals surface area contributed by atoms with Crippen LogP contribution in [0.15, 0.2) is 5.38 Å². The van der Waals surface area contributed by atoms with Crippen molar-refractivity contribution < 1.29 is 14.4 Å². The summed E-state index contributed by atoms with van der Waals surface area (Å²) in [6.07, 6.45) is 7.10. The number of fused-ring (bicyclic) bond motifs is 1. The zero-order valence-electron chi connectivity index (χ0n) is 14.2. The minimum Gasteiger partial charge on any atom is -0.322 e. The molecule has 3 heterocycles. The molecule has 1 aliphatic carbocycles. The zero-order valence-corrected chi connectivity index (χ0v) is 15.0. The number of imide groups is 1. The molecule has 2 fully saturated rings. The Kier molecular flexibility index (Phi) is 4.60. The fourth-order valence-corrected chi connectivity index (χ4v) is 5.08. The number of nitrogens with one attached hydrogen (secondary N) is 2. The third kappa shape index (κ3) is 3.22. The second-order valence-corrected chi connectivity index (χ2v) is 8.13. The molecule has 0 aromatic carbocycles. The van der Waals surface area contributed by atoms with Crippen LogP contribution in [0.2, 0.25) is 0 Å². The van der Waals surface area contributed by atoms with Crippen molar-refractivity contribution >= 4 is 29.1 Å². The van der Waals surface area contributed by atoms with E-state index in [1.54, 1.807) is 16.2 Å². The van der Waals surface area contributed by atoms with Crippen molar-refractivity contribution in [3.05, 3.63) is 21.4 Å². The van der Waals surface area contributed by atoms with Gasteiger partial charge in [0.1, 0.15) is 6.04 Å². The topological polar surface area (TPSA) is 78.5 Å². The van der Waals surface area contributed by atoms with E-state index < -0.39 is 6.04 Å². The monoisotopic (exact) mass is 361 g/mol. The van der Waals surface area contributed by atoms with E-state index in [2.05, 4.69) is 10.6 Å². The molecular formula is C18H23N3O3S. The Morgan fingerprint density at radius 3 is 2.72 bits per heavy atom. The molecule has 3 aliphatic rings. The van der Waals surface area contributed by atoms with Crippen molar-refractivity contribution in [2.24, 2.45) is 0 Å². The molecule has 0 spiro atoms. The number of carbonyl (C=O) groups is 3. The van der Waals surface area contributed by atoms with Crippen LogP contribution in [0.4, 0.5) is 0 Å². The van der Waals surface area contributed by atoms with Gasteiger partial charge in [0, 0.05) is 35.8 Å². The van der Waals surface area contributed by atoms with Crippen molar-refractivity contribution in [2.45, 2.75) is 70.1 Å². The molecule has 2 N–H and O–H groups in total. The van der Waals surface area contributed by atoms with Crippen LogP contribution in [-0.2, 0) is 22.7 Å². The largest absolute Gasteiger partial charge is 0.322 e. The normalized spacial score (nSPS) is 24.6. The molecule has 1 aromatic heterocycles. The predicted octanol–water partition coefficient (Wildman–Crippen LogP) is 1.93. The van der Waals surface area contributed by atoms with Gasteiger partial charge in [0.25, 0.3) is 5.91 Å². The summed E-state index contributed by atoms with van der Waals surface area (Å²) in [6, 6.07) is 0.0524. The predicted molar refractivity (Wildman–Crippen MR) is 94.1 cm³/mol. The van der Waals surface area contributed by atoms with E-state index in [1.165, 1.54) is 37.0 Å². The van der Waals surface area contributed by atoms with Crippen LogP contribution in [-0.4, -0.2) is 34.7 Å². The number of amides is 3. The molecule has 134 valence electrons. The van der Waals surface area contributed by atoms with Gasteiger partial charge in [0.2, 0.25) is 11.8 Å². The van der Waals surface area contributed by atoms with E-state index >= 15 is 0 Å². The SMILES string of the molecule is O=C1CCC(N2Cc3c(csc3CNC3CCCCC3)C2=O)C(=O)N1. The fraction of sp³-hybridized carbons (Fsp3) is 0.611. The number of hydrogen-bond acceptors (Lipinski definition) is 5. The van der Waals surface area contributed by atoms with Crippen molar-refractivity contribution in [3.63, 3.8) is 0 Å². The molecule has 1 unspecified atom stereocenters. The first kappa shape index (κ1) is 16.7. The Morgan fingerprint density at radius 1 is 1.16 bits per heavy atom. The van der Waals surface area contributed by atoms with Crippen molar-refractivity contribution in [3.8, 4) is 0 Å². The second-order valence-electron chi connectivity index (χ2n) is 7.17. The molecule has 25 heavy (non-hydrogen) atoms. The van der Waals surface area contributed by atoms with Gasteiger partial charge in [-0.3, -0.25) is 19.7 Å². The third-order valence-corrected chi connectivity index (χ3v) is 6.57. The van der Waals surface area contributed by atoms with E-state index in [1.807, 2.05) is 5.38 Å². The molecule has 6 nitrogen and oxygen atoms in total. The lowest BCUT2D eigenvalue weighted by Crippen LogP contribution is -2.52. The van der Waals surface area contributed by atoms with E-state index in [9.17, 15) is 14.4 Å². The summed E-state index contributed by atoms with van der Waals surface area (Å²) in [5.74, 6) is -0.676. The molecule has 1 aromatic rings. The van der Waals surface area contributed by atoms with Crippen LogP contribution in [0.25, 0.3) is 0 Å². The molecule has 0 bridgehead atoms. The highest BCUT2D eigenvalue weighted by Crippen LogP contribution is 2.34. The second kappa shape index (κ2) is 6.88. The first-order chi connectivity index (χ1) is 12.1. The van der Waals surface area contributed by atoms with Gasteiger partial charge in [0.05, 0.1) is 5.56 Å². The Bertz CT molecular complexity index is 708. The first-order valence-corrected chi connectivity index (χ1v) is 9.98. The van der Waals surface area contributed by atoms with Crippen molar-refractivity contribution in [2.75, 3.05) is 0 Å². The molecule has 4 rings (SSSR count). The molecule has 3 amide bonds. The van der Waals surface area contributed by atoms with Crippen molar-refractivity contribution in [1.82, 2.24) is 15.5 Å². The average molecular weight is 361 g/mol. The van der Waals surface area contributed by atoms with Gasteiger partial charge in [-0.25, -0.2) is 0 Å². The van der Waals surface area contributed by atoms with Crippen LogP contribution in [0, 0.1) is 0 Å². The lowest BCUT2D eigenvalue weighted by atomic mass is 9.95. The summed E-state index contributed by atoms with van der Waals surface area (Å²) >= 11 is 1.63. The smallest absolute Gasteiger partial charge is 0.256 e. The minimum atomic E-state index is -0.526. The number of rotatable bonds is 4. The van der Waals surface area contributed by atoms with Crippen LogP contribution in [0.1, 0.15) is 65.7 Å². The van der Waals surface area contributed by atoms with Crippen LogP contribution >= 0.6 is 11.3 Å². The molecular weight excluding hydrogens is 338 g/mol. The molecule has 1 saturated carbocycles. The zero-order chi connectivity index (χ0) is 17.4. The summed E-state index contributed by atoms with van der Waals surface area (Å²) in [5.41, 5.74) is 1.79. The Labute approximate surface area is 151 Å². The maximum absolute atomic E-state index is 12.7. The van der Waals surface area contributed by atoms with Crippen LogP contribution in [0.3, 0.4) is 0 Å². The van der Waals surface area contributed by atoms with Gasteiger partial charge in [-0.1, -0.05) is 19.3 Å². The lowest BCUT2D eigenvalue weighted by molar-refractivity contribution is -0.136. The van der Waals surface area contributed by atoms with E-state index in [-0.39, 0.29) is 17.7 Å². The van der Waals surface area contributed by atoms with Gasteiger partial charge in [0.15, 0.2) is 0 Å². The number of nitrogens with zero attached hydrogens (tertiary/aromatic N) is 1. The minimum absolute atomic E-state index is 0.0790. The number of piperidine rings is 1. The fourth-order valence-electron chi connectivity index (χ4n) is 4.10. The van der Waals surface area contributed by atoms with Gasteiger partial charge in [-0.05, 0) is 24.8 Å². The third-order valence-electron chi connectivity index (χ3n) is 5.54. The van der Waals surface area contributed by atoms with E-state index in [0.717, 1.165) is 17.7 Å². The summed E-state index contributed by atoms with van der Waals surface area (Å²) in [6.45, 7) is 1.27. The van der Waals surface area contributed by atoms with E-state index in [4.69, 9.17) is 0 Å². The van der Waals surface area contributed by atoms with Crippen molar-refractivity contribution in [1.29, 1.82) is 0 Å². The molecule has 1 atom stereocenters. The Hall–Kier alpha value is -1.73. The maximum Gasteiger partial charge on any atom is 0.256 e. The highest BCUT2D eigenvalue weighted by Gasteiger charge is 2.40. The molecule has 2 aliphatic heterocycles. The lowest BCUT2D eigenvalue weighted by Gasteiger charge is -2.29. The molecule has 0 radical (unpaired) electrons. The number of hydrogen-bond donors (Lipinski definition) is 2.